The molecule has 0 unspecified atom stereocenters. The van der Waals surface area contributed by atoms with E-state index in [1.807, 2.05) is 55.2 Å². The molecule has 1 aromatic carbocycles. The second-order valence-electron chi connectivity index (χ2n) is 6.76. The quantitative estimate of drug-likeness (QED) is 0.550. The van der Waals surface area contributed by atoms with Crippen molar-refractivity contribution in [3.05, 3.63) is 94.3 Å². The first kappa shape index (κ1) is 17.2. The maximum Gasteiger partial charge on any atom is 0.258 e. The lowest BCUT2D eigenvalue weighted by Crippen LogP contribution is -2.22. The lowest BCUT2D eigenvalue weighted by molar-refractivity contribution is 0.315. The predicted octanol–water partition coefficient (Wildman–Crippen LogP) is 2.82. The molecule has 0 aliphatic carbocycles. The van der Waals surface area contributed by atoms with E-state index in [0.717, 1.165) is 23.5 Å². The molecule has 0 N–H and O–H groups in total. The van der Waals surface area contributed by atoms with Gasteiger partial charge in [0, 0.05) is 37.7 Å². The first-order valence-electron chi connectivity index (χ1n) is 8.85. The van der Waals surface area contributed by atoms with Crippen molar-refractivity contribution in [1.82, 2.24) is 24.1 Å². The molecule has 0 atom stereocenters. The van der Waals surface area contributed by atoms with Crippen LogP contribution in [0.5, 0.6) is 0 Å². The van der Waals surface area contributed by atoms with Gasteiger partial charge in [-0.25, -0.2) is 9.67 Å². The summed E-state index contributed by atoms with van der Waals surface area (Å²) < 4.78 is 3.44. The summed E-state index contributed by atoms with van der Waals surface area (Å²) in [5.74, 6) is 0. The molecule has 0 bridgehead atoms. The van der Waals surface area contributed by atoms with Gasteiger partial charge in [-0.3, -0.25) is 14.1 Å². The number of aromatic nitrogens is 4. The highest BCUT2D eigenvalue weighted by atomic mass is 16.1. The van der Waals surface area contributed by atoms with Crippen molar-refractivity contribution >= 4 is 5.65 Å². The van der Waals surface area contributed by atoms with Gasteiger partial charge in [0.05, 0.1) is 11.4 Å². The Labute approximate surface area is 157 Å². The van der Waals surface area contributed by atoms with Crippen molar-refractivity contribution in [3.8, 4) is 5.69 Å². The summed E-state index contributed by atoms with van der Waals surface area (Å²) >= 11 is 0. The molecule has 0 saturated heterocycles. The van der Waals surface area contributed by atoms with Crippen LogP contribution in [0.25, 0.3) is 11.3 Å². The summed E-state index contributed by atoms with van der Waals surface area (Å²) in [5.41, 5.74) is 4.65. The summed E-state index contributed by atoms with van der Waals surface area (Å²) in [6.07, 6.45) is 5.45. The average molecular weight is 359 g/mol. The van der Waals surface area contributed by atoms with E-state index in [-0.39, 0.29) is 5.56 Å². The van der Waals surface area contributed by atoms with Crippen LogP contribution in [0.3, 0.4) is 0 Å². The third kappa shape index (κ3) is 3.66. The number of benzene rings is 1. The van der Waals surface area contributed by atoms with Crippen LogP contribution in [-0.2, 0) is 13.1 Å². The number of rotatable bonds is 5. The predicted molar refractivity (Wildman–Crippen MR) is 105 cm³/mol. The van der Waals surface area contributed by atoms with Gasteiger partial charge < -0.3 is 0 Å². The lowest BCUT2D eigenvalue weighted by Gasteiger charge is -2.17. The third-order valence-electron chi connectivity index (χ3n) is 4.50. The van der Waals surface area contributed by atoms with Gasteiger partial charge in [0.2, 0.25) is 0 Å². The van der Waals surface area contributed by atoms with Gasteiger partial charge in [-0.2, -0.15) is 5.10 Å². The highest BCUT2D eigenvalue weighted by molar-refractivity contribution is 5.46. The molecule has 4 rings (SSSR count). The van der Waals surface area contributed by atoms with Crippen molar-refractivity contribution in [2.45, 2.75) is 20.0 Å². The molecular formula is C21H21N5O. The smallest absolute Gasteiger partial charge is 0.258 e. The Bertz CT molecular complexity index is 1130. The van der Waals surface area contributed by atoms with Crippen molar-refractivity contribution in [2.75, 3.05) is 7.05 Å². The SMILES string of the molecule is Cc1cccn2c(=O)cc(CN(C)Cc3cccc(-n4cccn4)c3)nc12. The van der Waals surface area contributed by atoms with Crippen LogP contribution in [-0.4, -0.2) is 31.1 Å². The summed E-state index contributed by atoms with van der Waals surface area (Å²) in [5, 5.41) is 4.28. The molecule has 136 valence electrons. The minimum Gasteiger partial charge on any atom is -0.296 e. The molecule has 6 heteroatoms. The van der Waals surface area contributed by atoms with E-state index in [1.54, 1.807) is 22.9 Å². The molecule has 0 fully saturated rings. The Kier molecular flexibility index (Phi) is 4.56. The van der Waals surface area contributed by atoms with E-state index in [0.29, 0.717) is 12.2 Å². The van der Waals surface area contributed by atoms with Gasteiger partial charge in [0.25, 0.3) is 5.56 Å². The highest BCUT2D eigenvalue weighted by Crippen LogP contribution is 2.13. The number of hydrogen-bond donors (Lipinski definition) is 0. The van der Waals surface area contributed by atoms with E-state index < -0.39 is 0 Å². The van der Waals surface area contributed by atoms with Gasteiger partial charge in [-0.05, 0) is 49.4 Å². The molecule has 0 amide bonds. The molecule has 4 aromatic rings. The van der Waals surface area contributed by atoms with Crippen LogP contribution in [0.15, 0.2) is 71.9 Å². The minimum atomic E-state index is -0.0484. The Morgan fingerprint density at radius 3 is 2.74 bits per heavy atom. The topological polar surface area (TPSA) is 55.4 Å². The molecule has 0 aliphatic rings. The molecule has 0 aliphatic heterocycles. The Balaban J connectivity index is 1.54. The normalized spacial score (nSPS) is 11.4. The first-order valence-corrected chi connectivity index (χ1v) is 8.85. The van der Waals surface area contributed by atoms with E-state index in [2.05, 4.69) is 27.1 Å². The summed E-state index contributed by atoms with van der Waals surface area (Å²) in [6.45, 7) is 3.33. The van der Waals surface area contributed by atoms with Gasteiger partial charge >= 0.3 is 0 Å². The fourth-order valence-electron chi connectivity index (χ4n) is 3.25. The minimum absolute atomic E-state index is 0.0484. The Morgan fingerprint density at radius 1 is 1.04 bits per heavy atom. The number of aryl methyl sites for hydroxylation is 1. The standard InChI is InChI=1S/C21H21N5O/c1-16-6-4-10-25-20(27)13-18(23-21(16)25)15-24(2)14-17-7-3-8-19(12-17)26-11-5-9-22-26/h3-13H,14-15H2,1-2H3. The van der Waals surface area contributed by atoms with E-state index in [4.69, 9.17) is 0 Å². The molecule has 3 heterocycles. The lowest BCUT2D eigenvalue weighted by atomic mass is 10.2. The van der Waals surface area contributed by atoms with Crippen LogP contribution in [0.4, 0.5) is 0 Å². The molecule has 0 radical (unpaired) electrons. The number of fused-ring (bicyclic) bond motifs is 1. The maximum absolute atomic E-state index is 12.4. The van der Waals surface area contributed by atoms with E-state index >= 15 is 0 Å². The van der Waals surface area contributed by atoms with E-state index in [1.165, 1.54) is 5.56 Å². The second kappa shape index (κ2) is 7.17. The molecule has 3 aromatic heterocycles. The fourth-order valence-corrected chi connectivity index (χ4v) is 3.25. The van der Waals surface area contributed by atoms with Crippen LogP contribution in [0.1, 0.15) is 16.8 Å². The van der Waals surface area contributed by atoms with Gasteiger partial charge in [-0.15, -0.1) is 0 Å². The van der Waals surface area contributed by atoms with Crippen LogP contribution >= 0.6 is 0 Å². The van der Waals surface area contributed by atoms with Gasteiger partial charge in [0.15, 0.2) is 0 Å². The van der Waals surface area contributed by atoms with Crippen molar-refractivity contribution < 1.29 is 0 Å². The van der Waals surface area contributed by atoms with Crippen molar-refractivity contribution in [2.24, 2.45) is 0 Å². The summed E-state index contributed by atoms with van der Waals surface area (Å²) in [4.78, 5) is 19.2. The van der Waals surface area contributed by atoms with Crippen molar-refractivity contribution in [1.29, 1.82) is 0 Å². The van der Waals surface area contributed by atoms with Crippen molar-refractivity contribution in [3.63, 3.8) is 0 Å². The Hall–Kier alpha value is -3.25. The van der Waals surface area contributed by atoms with Gasteiger partial charge in [0.1, 0.15) is 5.65 Å². The number of pyridine rings is 1. The van der Waals surface area contributed by atoms with Gasteiger partial charge in [-0.1, -0.05) is 18.2 Å². The Morgan fingerprint density at radius 2 is 1.93 bits per heavy atom. The molecule has 0 spiro atoms. The van der Waals surface area contributed by atoms with Crippen LogP contribution < -0.4 is 5.56 Å². The van der Waals surface area contributed by atoms with Crippen LogP contribution in [0.2, 0.25) is 0 Å². The average Bonchev–Trinajstić information content (AvgIpc) is 3.18. The zero-order valence-corrected chi connectivity index (χ0v) is 15.4. The molecule has 6 nitrogen and oxygen atoms in total. The molecular weight excluding hydrogens is 338 g/mol. The zero-order valence-electron chi connectivity index (χ0n) is 15.4. The summed E-state index contributed by atoms with van der Waals surface area (Å²) in [6, 6.07) is 15.6. The largest absolute Gasteiger partial charge is 0.296 e. The molecule has 0 saturated carbocycles. The first-order chi connectivity index (χ1) is 13.1. The number of hydrogen-bond acceptors (Lipinski definition) is 4. The third-order valence-corrected chi connectivity index (χ3v) is 4.50. The second-order valence-corrected chi connectivity index (χ2v) is 6.76. The van der Waals surface area contributed by atoms with Crippen LogP contribution in [0, 0.1) is 6.92 Å². The van der Waals surface area contributed by atoms with E-state index in [9.17, 15) is 4.79 Å². The maximum atomic E-state index is 12.4. The summed E-state index contributed by atoms with van der Waals surface area (Å²) in [7, 11) is 2.03. The number of nitrogens with zero attached hydrogens (tertiary/aromatic N) is 5. The molecule has 27 heavy (non-hydrogen) atoms. The monoisotopic (exact) mass is 359 g/mol. The zero-order chi connectivity index (χ0) is 18.8. The fraction of sp³-hybridized carbons (Fsp3) is 0.190. The highest BCUT2D eigenvalue weighted by Gasteiger charge is 2.08.